The lowest BCUT2D eigenvalue weighted by Gasteiger charge is -2.21. The van der Waals surface area contributed by atoms with Crippen molar-refractivity contribution < 1.29 is 4.52 Å². The first kappa shape index (κ1) is 22.1. The third-order valence-corrected chi connectivity index (χ3v) is 4.55. The average molecular weight is 464 g/mol. The van der Waals surface area contributed by atoms with E-state index in [0.29, 0.717) is 36.9 Å². The summed E-state index contributed by atoms with van der Waals surface area (Å²) in [5.41, 5.74) is 0. The van der Waals surface area contributed by atoms with Crippen LogP contribution in [0.25, 0.3) is 0 Å². The molecule has 7 nitrogen and oxygen atoms in total. The van der Waals surface area contributed by atoms with Crippen molar-refractivity contribution in [2.75, 3.05) is 26.7 Å². The smallest absolute Gasteiger partial charge is 0.228 e. The van der Waals surface area contributed by atoms with Crippen LogP contribution in [-0.4, -0.2) is 59.8 Å². The highest BCUT2D eigenvalue weighted by atomic mass is 127. The molecule has 144 valence electrons. The zero-order chi connectivity index (χ0) is 17.7. The molecular formula is C17H33IN6O. The minimum absolute atomic E-state index is 0. The van der Waals surface area contributed by atoms with E-state index in [2.05, 4.69) is 65.3 Å². The second kappa shape index (κ2) is 10.3. The van der Waals surface area contributed by atoms with Crippen LogP contribution in [0.1, 0.15) is 52.3 Å². The molecule has 0 spiro atoms. The third kappa shape index (κ3) is 6.40. The van der Waals surface area contributed by atoms with Gasteiger partial charge in [-0.3, -0.25) is 9.89 Å². The summed E-state index contributed by atoms with van der Waals surface area (Å²) in [6.45, 7) is 13.8. The number of rotatable bonds is 6. The van der Waals surface area contributed by atoms with E-state index in [1.165, 1.54) is 0 Å². The van der Waals surface area contributed by atoms with Gasteiger partial charge < -0.3 is 15.2 Å². The molecule has 2 unspecified atom stereocenters. The summed E-state index contributed by atoms with van der Waals surface area (Å²) in [6.07, 6.45) is 0.693. The normalized spacial score (nSPS) is 21.7. The summed E-state index contributed by atoms with van der Waals surface area (Å²) < 4.78 is 5.26. The fraction of sp³-hybridized carbons (Fsp3) is 0.824. The highest BCUT2D eigenvalue weighted by Gasteiger charge is 2.31. The monoisotopic (exact) mass is 464 g/mol. The van der Waals surface area contributed by atoms with Crippen molar-refractivity contribution >= 4 is 29.9 Å². The van der Waals surface area contributed by atoms with Gasteiger partial charge in [-0.2, -0.15) is 4.98 Å². The molecule has 1 fully saturated rings. The lowest BCUT2D eigenvalue weighted by Crippen LogP contribution is -2.47. The second-order valence-corrected chi connectivity index (χ2v) is 7.23. The molecule has 1 saturated heterocycles. The molecular weight excluding hydrogens is 431 g/mol. The van der Waals surface area contributed by atoms with Crippen LogP contribution in [0.5, 0.6) is 0 Å². The van der Waals surface area contributed by atoms with E-state index >= 15 is 0 Å². The van der Waals surface area contributed by atoms with E-state index in [1.54, 1.807) is 7.05 Å². The number of hydrogen-bond donors (Lipinski definition) is 2. The first-order chi connectivity index (χ1) is 11.4. The quantitative estimate of drug-likeness (QED) is 0.382. The first-order valence-corrected chi connectivity index (χ1v) is 8.94. The Morgan fingerprint density at radius 3 is 2.56 bits per heavy atom. The number of aromatic nitrogens is 2. The van der Waals surface area contributed by atoms with Crippen molar-refractivity contribution in [1.82, 2.24) is 25.7 Å². The lowest BCUT2D eigenvalue weighted by molar-refractivity contribution is 0.265. The molecule has 0 bridgehead atoms. The Kier molecular flexibility index (Phi) is 9.12. The lowest BCUT2D eigenvalue weighted by atomic mass is 10.1. The van der Waals surface area contributed by atoms with Crippen molar-refractivity contribution in [3.05, 3.63) is 11.7 Å². The molecule has 0 aromatic carbocycles. The van der Waals surface area contributed by atoms with Gasteiger partial charge in [0.05, 0.1) is 0 Å². The van der Waals surface area contributed by atoms with Crippen molar-refractivity contribution in [1.29, 1.82) is 0 Å². The van der Waals surface area contributed by atoms with Crippen LogP contribution in [0, 0.1) is 5.92 Å². The van der Waals surface area contributed by atoms with Gasteiger partial charge in [-0.1, -0.05) is 25.9 Å². The average Bonchev–Trinajstić information content (AvgIpc) is 3.14. The standard InChI is InChI=1S/C17H32N6O.HI/c1-11(2)16-21-15(24-22-16)7-8-19-17(18-6)20-14-10-23(12(3)4)9-13(14)5;/h11-14H,7-10H2,1-6H3,(H2,18,19,20);1H. The molecule has 1 aromatic rings. The van der Waals surface area contributed by atoms with Crippen molar-refractivity contribution in [3.63, 3.8) is 0 Å². The van der Waals surface area contributed by atoms with Crippen molar-refractivity contribution in [2.24, 2.45) is 10.9 Å². The Morgan fingerprint density at radius 1 is 1.32 bits per heavy atom. The number of likely N-dealkylation sites (tertiary alicyclic amines) is 1. The first-order valence-electron chi connectivity index (χ1n) is 8.94. The van der Waals surface area contributed by atoms with Crippen LogP contribution in [0.15, 0.2) is 9.52 Å². The fourth-order valence-electron chi connectivity index (χ4n) is 2.88. The number of hydrogen-bond acceptors (Lipinski definition) is 5. The Labute approximate surface area is 168 Å². The molecule has 0 aliphatic carbocycles. The molecule has 1 aliphatic heterocycles. The minimum Gasteiger partial charge on any atom is -0.356 e. The summed E-state index contributed by atoms with van der Waals surface area (Å²) >= 11 is 0. The fourth-order valence-corrected chi connectivity index (χ4v) is 2.88. The molecule has 1 aromatic heterocycles. The molecule has 0 radical (unpaired) electrons. The predicted molar refractivity (Wildman–Crippen MR) is 112 cm³/mol. The van der Waals surface area contributed by atoms with E-state index in [-0.39, 0.29) is 29.9 Å². The van der Waals surface area contributed by atoms with E-state index in [0.717, 1.165) is 24.9 Å². The third-order valence-electron chi connectivity index (χ3n) is 4.55. The van der Waals surface area contributed by atoms with Crippen LogP contribution in [0.3, 0.4) is 0 Å². The van der Waals surface area contributed by atoms with Gasteiger partial charge in [0.15, 0.2) is 11.8 Å². The SMILES string of the molecule is CN=C(NCCc1nc(C(C)C)no1)NC1CN(C(C)C)CC1C.I. The number of halogens is 1. The Balaban J connectivity index is 0.00000312. The van der Waals surface area contributed by atoms with Gasteiger partial charge in [0.1, 0.15) is 0 Å². The van der Waals surface area contributed by atoms with Gasteiger partial charge in [0.25, 0.3) is 0 Å². The molecule has 2 rings (SSSR count). The van der Waals surface area contributed by atoms with Gasteiger partial charge in [0, 0.05) is 51.1 Å². The molecule has 2 heterocycles. The molecule has 2 atom stereocenters. The van der Waals surface area contributed by atoms with Crippen LogP contribution < -0.4 is 10.6 Å². The van der Waals surface area contributed by atoms with Gasteiger partial charge in [-0.05, 0) is 19.8 Å². The van der Waals surface area contributed by atoms with Gasteiger partial charge in [0.2, 0.25) is 5.89 Å². The highest BCUT2D eigenvalue weighted by Crippen LogP contribution is 2.18. The van der Waals surface area contributed by atoms with Crippen LogP contribution in [0.4, 0.5) is 0 Å². The maximum absolute atomic E-state index is 5.26. The molecule has 2 N–H and O–H groups in total. The number of nitrogens with zero attached hydrogens (tertiary/aromatic N) is 4. The topological polar surface area (TPSA) is 78.6 Å². The molecule has 25 heavy (non-hydrogen) atoms. The summed E-state index contributed by atoms with van der Waals surface area (Å²) in [6, 6.07) is 1.01. The van der Waals surface area contributed by atoms with Gasteiger partial charge in [-0.15, -0.1) is 24.0 Å². The Bertz CT molecular complexity index is 545. The zero-order valence-electron chi connectivity index (χ0n) is 16.2. The van der Waals surface area contributed by atoms with Gasteiger partial charge in [-0.25, -0.2) is 0 Å². The van der Waals surface area contributed by atoms with E-state index in [9.17, 15) is 0 Å². The van der Waals surface area contributed by atoms with Crippen molar-refractivity contribution in [3.8, 4) is 0 Å². The van der Waals surface area contributed by atoms with Crippen LogP contribution in [-0.2, 0) is 6.42 Å². The maximum atomic E-state index is 5.26. The number of aliphatic imine (C=N–C) groups is 1. The summed E-state index contributed by atoms with van der Waals surface area (Å²) in [5.74, 6) is 3.16. The van der Waals surface area contributed by atoms with Crippen molar-refractivity contribution in [2.45, 2.75) is 59.0 Å². The van der Waals surface area contributed by atoms with E-state index < -0.39 is 0 Å². The van der Waals surface area contributed by atoms with E-state index in [1.807, 2.05) is 0 Å². The summed E-state index contributed by atoms with van der Waals surface area (Å²) in [4.78, 5) is 11.2. The zero-order valence-corrected chi connectivity index (χ0v) is 18.6. The van der Waals surface area contributed by atoms with E-state index in [4.69, 9.17) is 4.52 Å². The van der Waals surface area contributed by atoms with Crippen LogP contribution >= 0.6 is 24.0 Å². The Morgan fingerprint density at radius 2 is 2.04 bits per heavy atom. The minimum atomic E-state index is 0. The number of nitrogens with one attached hydrogen (secondary N) is 2. The largest absolute Gasteiger partial charge is 0.356 e. The molecule has 1 aliphatic rings. The van der Waals surface area contributed by atoms with Gasteiger partial charge >= 0.3 is 0 Å². The summed E-state index contributed by atoms with van der Waals surface area (Å²) in [7, 11) is 1.80. The maximum Gasteiger partial charge on any atom is 0.228 e. The molecule has 0 amide bonds. The van der Waals surface area contributed by atoms with Crippen LogP contribution in [0.2, 0.25) is 0 Å². The molecule has 0 saturated carbocycles. The highest BCUT2D eigenvalue weighted by molar-refractivity contribution is 14.0. The predicted octanol–water partition coefficient (Wildman–Crippen LogP) is 2.25. The Hall–Kier alpha value is -0.900. The molecule has 8 heteroatoms. The second-order valence-electron chi connectivity index (χ2n) is 7.23. The number of guanidine groups is 1. The summed E-state index contributed by atoms with van der Waals surface area (Å²) in [5, 5.41) is 10.9.